The van der Waals surface area contributed by atoms with Crippen LogP contribution >= 0.6 is 0 Å². The van der Waals surface area contributed by atoms with Crippen LogP contribution in [0, 0.1) is 0 Å². The SMILES string of the molecule is CC(NC(=O)[C@H](C)N)c1cccc(-c2cccnc2)c1. The maximum Gasteiger partial charge on any atom is 0.237 e. The molecule has 4 nitrogen and oxygen atoms in total. The number of nitrogens with two attached hydrogens (primary N) is 1. The minimum absolute atomic E-state index is 0.0786. The van der Waals surface area contributed by atoms with Crippen molar-refractivity contribution in [1.82, 2.24) is 10.3 Å². The number of rotatable bonds is 4. The van der Waals surface area contributed by atoms with Crippen LogP contribution < -0.4 is 11.1 Å². The Labute approximate surface area is 119 Å². The first-order chi connectivity index (χ1) is 9.58. The highest BCUT2D eigenvalue weighted by Gasteiger charge is 2.13. The van der Waals surface area contributed by atoms with Crippen molar-refractivity contribution in [2.45, 2.75) is 25.9 Å². The number of amides is 1. The number of nitrogens with one attached hydrogen (secondary N) is 1. The summed E-state index contributed by atoms with van der Waals surface area (Å²) in [5, 5.41) is 2.89. The monoisotopic (exact) mass is 269 g/mol. The zero-order valence-electron chi connectivity index (χ0n) is 11.7. The van der Waals surface area contributed by atoms with E-state index >= 15 is 0 Å². The van der Waals surface area contributed by atoms with E-state index in [4.69, 9.17) is 5.73 Å². The minimum Gasteiger partial charge on any atom is -0.348 e. The van der Waals surface area contributed by atoms with Gasteiger partial charge in [-0.3, -0.25) is 9.78 Å². The second-order valence-electron chi connectivity index (χ2n) is 4.89. The smallest absolute Gasteiger partial charge is 0.237 e. The molecule has 4 heteroatoms. The first-order valence-electron chi connectivity index (χ1n) is 6.64. The lowest BCUT2D eigenvalue weighted by Crippen LogP contribution is -2.39. The van der Waals surface area contributed by atoms with Gasteiger partial charge in [-0.15, -0.1) is 0 Å². The fraction of sp³-hybridized carbons (Fsp3) is 0.250. The maximum absolute atomic E-state index is 11.6. The molecular weight excluding hydrogens is 250 g/mol. The summed E-state index contributed by atoms with van der Waals surface area (Å²) in [4.78, 5) is 15.8. The minimum atomic E-state index is -0.501. The molecule has 2 aromatic rings. The van der Waals surface area contributed by atoms with Gasteiger partial charge in [-0.1, -0.05) is 24.3 Å². The molecule has 1 aromatic heterocycles. The van der Waals surface area contributed by atoms with Crippen LogP contribution in [-0.2, 0) is 4.79 Å². The first-order valence-corrected chi connectivity index (χ1v) is 6.64. The Morgan fingerprint density at radius 1 is 1.20 bits per heavy atom. The van der Waals surface area contributed by atoms with E-state index < -0.39 is 6.04 Å². The number of nitrogens with zero attached hydrogens (tertiary/aromatic N) is 1. The molecule has 0 aliphatic rings. The van der Waals surface area contributed by atoms with Gasteiger partial charge in [-0.2, -0.15) is 0 Å². The van der Waals surface area contributed by atoms with E-state index in [0.717, 1.165) is 16.7 Å². The summed E-state index contributed by atoms with van der Waals surface area (Å²) < 4.78 is 0. The van der Waals surface area contributed by atoms with Crippen molar-refractivity contribution in [1.29, 1.82) is 0 Å². The molecule has 2 atom stereocenters. The van der Waals surface area contributed by atoms with E-state index in [0.29, 0.717) is 0 Å². The highest BCUT2D eigenvalue weighted by molar-refractivity contribution is 5.81. The van der Waals surface area contributed by atoms with Gasteiger partial charge in [0.2, 0.25) is 5.91 Å². The molecule has 20 heavy (non-hydrogen) atoms. The van der Waals surface area contributed by atoms with Gasteiger partial charge in [0.25, 0.3) is 0 Å². The molecule has 0 bridgehead atoms. The van der Waals surface area contributed by atoms with Crippen molar-refractivity contribution in [3.05, 3.63) is 54.4 Å². The van der Waals surface area contributed by atoms with Gasteiger partial charge >= 0.3 is 0 Å². The lowest BCUT2D eigenvalue weighted by atomic mass is 10.0. The Bertz CT molecular complexity index is 581. The Hall–Kier alpha value is -2.20. The molecule has 1 amide bonds. The van der Waals surface area contributed by atoms with Crippen molar-refractivity contribution >= 4 is 5.91 Å². The van der Waals surface area contributed by atoms with Crippen molar-refractivity contribution in [3.8, 4) is 11.1 Å². The van der Waals surface area contributed by atoms with Crippen LogP contribution in [0.5, 0.6) is 0 Å². The van der Waals surface area contributed by atoms with Gasteiger partial charge in [0.15, 0.2) is 0 Å². The fourth-order valence-electron chi connectivity index (χ4n) is 1.95. The number of carbonyl (C=O) groups is 1. The number of carbonyl (C=O) groups excluding carboxylic acids is 1. The molecule has 1 aromatic carbocycles. The predicted octanol–water partition coefficient (Wildman–Crippen LogP) is 2.27. The summed E-state index contributed by atoms with van der Waals surface area (Å²) in [6.07, 6.45) is 3.57. The van der Waals surface area contributed by atoms with Gasteiger partial charge < -0.3 is 11.1 Å². The zero-order valence-corrected chi connectivity index (χ0v) is 11.7. The summed E-state index contributed by atoms with van der Waals surface area (Å²) in [7, 11) is 0. The van der Waals surface area contributed by atoms with Crippen molar-refractivity contribution in [2.75, 3.05) is 0 Å². The van der Waals surface area contributed by atoms with Crippen molar-refractivity contribution in [2.24, 2.45) is 5.73 Å². The predicted molar refractivity (Wildman–Crippen MR) is 79.9 cm³/mol. The van der Waals surface area contributed by atoms with E-state index in [2.05, 4.69) is 16.4 Å². The maximum atomic E-state index is 11.6. The second-order valence-corrected chi connectivity index (χ2v) is 4.89. The van der Waals surface area contributed by atoms with E-state index in [9.17, 15) is 4.79 Å². The van der Waals surface area contributed by atoms with E-state index in [1.54, 1.807) is 13.1 Å². The molecule has 0 saturated carbocycles. The zero-order chi connectivity index (χ0) is 14.5. The number of hydrogen-bond acceptors (Lipinski definition) is 3. The summed E-state index contributed by atoms with van der Waals surface area (Å²) in [5.74, 6) is -0.149. The van der Waals surface area contributed by atoms with Crippen LogP contribution in [0.15, 0.2) is 48.8 Å². The number of hydrogen-bond donors (Lipinski definition) is 2. The van der Waals surface area contributed by atoms with Crippen LogP contribution in [0.25, 0.3) is 11.1 Å². The van der Waals surface area contributed by atoms with Crippen LogP contribution in [0.3, 0.4) is 0 Å². The Balaban J connectivity index is 2.20. The Morgan fingerprint density at radius 2 is 1.95 bits per heavy atom. The molecular formula is C16H19N3O. The van der Waals surface area contributed by atoms with Crippen LogP contribution in [0.1, 0.15) is 25.5 Å². The quantitative estimate of drug-likeness (QED) is 0.894. The molecule has 1 heterocycles. The lowest BCUT2D eigenvalue weighted by molar-refractivity contribution is -0.122. The van der Waals surface area contributed by atoms with E-state index in [1.165, 1.54) is 0 Å². The average molecular weight is 269 g/mol. The fourth-order valence-corrected chi connectivity index (χ4v) is 1.95. The molecule has 104 valence electrons. The molecule has 0 fully saturated rings. The Morgan fingerprint density at radius 3 is 2.60 bits per heavy atom. The normalized spacial score (nSPS) is 13.6. The molecule has 3 N–H and O–H groups in total. The molecule has 0 aliphatic carbocycles. The summed E-state index contributed by atoms with van der Waals surface area (Å²) in [6, 6.07) is 11.4. The van der Waals surface area contributed by atoms with Gasteiger partial charge in [-0.25, -0.2) is 0 Å². The third kappa shape index (κ3) is 3.42. The summed E-state index contributed by atoms with van der Waals surface area (Å²) >= 11 is 0. The second kappa shape index (κ2) is 6.30. The number of benzene rings is 1. The summed E-state index contributed by atoms with van der Waals surface area (Å²) in [5.41, 5.74) is 8.74. The highest BCUT2D eigenvalue weighted by Crippen LogP contribution is 2.22. The molecule has 2 rings (SSSR count). The lowest BCUT2D eigenvalue weighted by Gasteiger charge is -2.16. The van der Waals surface area contributed by atoms with Gasteiger partial charge in [0, 0.05) is 12.4 Å². The summed E-state index contributed by atoms with van der Waals surface area (Å²) in [6.45, 7) is 3.62. The van der Waals surface area contributed by atoms with E-state index in [1.807, 2.05) is 43.5 Å². The topological polar surface area (TPSA) is 68.0 Å². The van der Waals surface area contributed by atoms with Crippen LogP contribution in [-0.4, -0.2) is 16.9 Å². The third-order valence-electron chi connectivity index (χ3n) is 3.15. The van der Waals surface area contributed by atoms with E-state index in [-0.39, 0.29) is 11.9 Å². The molecule has 0 saturated heterocycles. The van der Waals surface area contributed by atoms with Crippen molar-refractivity contribution in [3.63, 3.8) is 0 Å². The third-order valence-corrected chi connectivity index (χ3v) is 3.15. The molecule has 0 radical (unpaired) electrons. The number of pyridine rings is 1. The van der Waals surface area contributed by atoms with Crippen LogP contribution in [0.2, 0.25) is 0 Å². The van der Waals surface area contributed by atoms with Gasteiger partial charge in [-0.05, 0) is 42.7 Å². The van der Waals surface area contributed by atoms with Crippen LogP contribution in [0.4, 0.5) is 0 Å². The van der Waals surface area contributed by atoms with Crippen molar-refractivity contribution < 1.29 is 4.79 Å². The largest absolute Gasteiger partial charge is 0.348 e. The molecule has 0 aliphatic heterocycles. The first kappa shape index (κ1) is 14.2. The van der Waals surface area contributed by atoms with Gasteiger partial charge in [0.1, 0.15) is 0 Å². The standard InChI is InChI=1S/C16H19N3O/c1-11(17)16(20)19-12(2)13-5-3-6-14(9-13)15-7-4-8-18-10-15/h3-12H,17H2,1-2H3,(H,19,20)/t11-,12?/m0/s1. The number of aromatic nitrogens is 1. The molecule has 1 unspecified atom stereocenters. The molecule has 0 spiro atoms. The van der Waals surface area contributed by atoms with Gasteiger partial charge in [0.05, 0.1) is 12.1 Å². The highest BCUT2D eigenvalue weighted by atomic mass is 16.2. The average Bonchev–Trinajstić information content (AvgIpc) is 2.48. The Kier molecular flexibility index (Phi) is 4.48.